The van der Waals surface area contributed by atoms with Crippen molar-refractivity contribution in [2.24, 2.45) is 0 Å². The van der Waals surface area contributed by atoms with Crippen molar-refractivity contribution in [3.8, 4) is 0 Å². The number of aryl methyl sites for hydroxylation is 2. The quantitative estimate of drug-likeness (QED) is 0.838. The topological polar surface area (TPSA) is 41.0 Å². The number of aliphatic hydroxyl groups is 1. The molecule has 2 aromatic heterocycles. The summed E-state index contributed by atoms with van der Waals surface area (Å²) in [6.07, 6.45) is 1.77. The van der Waals surface area contributed by atoms with Crippen LogP contribution in [0.1, 0.15) is 34.0 Å². The van der Waals surface area contributed by atoms with Gasteiger partial charge >= 0.3 is 0 Å². The average molecular weight is 268 g/mol. The zero-order valence-corrected chi connectivity index (χ0v) is 11.8. The van der Waals surface area contributed by atoms with Crippen LogP contribution in [0, 0.1) is 18.6 Å². The highest BCUT2D eigenvalue weighted by molar-refractivity contribution is 7.71. The summed E-state index contributed by atoms with van der Waals surface area (Å²) in [4.78, 5) is 5.60. The number of aromatic nitrogens is 2. The summed E-state index contributed by atoms with van der Waals surface area (Å²) in [5.74, 6) is 0. The zero-order valence-electron chi connectivity index (χ0n) is 10.2. The van der Waals surface area contributed by atoms with E-state index in [9.17, 15) is 5.11 Å². The van der Waals surface area contributed by atoms with Crippen molar-refractivity contribution in [3.63, 3.8) is 0 Å². The van der Waals surface area contributed by atoms with Crippen molar-refractivity contribution in [2.75, 3.05) is 0 Å². The Morgan fingerprint density at radius 2 is 2.24 bits per heavy atom. The van der Waals surface area contributed by atoms with Crippen LogP contribution in [0.25, 0.3) is 0 Å². The molecule has 0 radical (unpaired) electrons. The van der Waals surface area contributed by atoms with E-state index in [1.807, 2.05) is 4.57 Å². The van der Waals surface area contributed by atoms with Gasteiger partial charge in [-0.1, -0.05) is 0 Å². The predicted molar refractivity (Wildman–Crippen MR) is 73.1 cm³/mol. The van der Waals surface area contributed by atoms with Gasteiger partial charge in [0.2, 0.25) is 0 Å². The lowest BCUT2D eigenvalue weighted by atomic mass is 10.1. The molecule has 2 heterocycles. The first-order valence-corrected chi connectivity index (χ1v) is 6.73. The molecule has 0 bridgehead atoms. The van der Waals surface area contributed by atoms with Gasteiger partial charge in [-0.3, -0.25) is 0 Å². The highest BCUT2D eigenvalue weighted by atomic mass is 32.1. The Morgan fingerprint density at radius 1 is 1.53 bits per heavy atom. The van der Waals surface area contributed by atoms with Gasteiger partial charge < -0.3 is 14.7 Å². The molecule has 0 spiro atoms. The van der Waals surface area contributed by atoms with Crippen molar-refractivity contribution < 1.29 is 5.11 Å². The second kappa shape index (κ2) is 4.76. The summed E-state index contributed by atoms with van der Waals surface area (Å²) in [5, 5.41) is 9.32. The van der Waals surface area contributed by atoms with Crippen LogP contribution in [0.5, 0.6) is 0 Å². The Kier molecular flexibility index (Phi) is 3.51. The second-order valence-electron chi connectivity index (χ2n) is 4.16. The number of hydrogen-bond donors (Lipinski definition) is 2. The van der Waals surface area contributed by atoms with Crippen LogP contribution in [-0.2, 0) is 6.61 Å². The van der Waals surface area contributed by atoms with Gasteiger partial charge in [0.25, 0.3) is 0 Å². The molecule has 0 saturated heterocycles. The minimum Gasteiger partial charge on any atom is -0.390 e. The van der Waals surface area contributed by atoms with E-state index in [-0.39, 0.29) is 12.6 Å². The van der Waals surface area contributed by atoms with Crippen LogP contribution in [0.15, 0.2) is 12.3 Å². The smallest absolute Gasteiger partial charge is 0.177 e. The molecular formula is C12H16N2OS2. The van der Waals surface area contributed by atoms with Crippen LogP contribution in [-0.4, -0.2) is 14.7 Å². The lowest BCUT2D eigenvalue weighted by Crippen LogP contribution is -2.10. The molecule has 0 aromatic carbocycles. The number of hydrogen-bond acceptors (Lipinski definition) is 3. The normalized spacial score (nSPS) is 12.9. The molecule has 0 aliphatic heterocycles. The van der Waals surface area contributed by atoms with Gasteiger partial charge in [-0.05, 0) is 44.6 Å². The monoisotopic (exact) mass is 268 g/mol. The summed E-state index contributed by atoms with van der Waals surface area (Å²) < 4.78 is 2.63. The standard InChI is InChI=1S/C12H16N2OS2/c1-7-4-11(9(3)17-7)8(2)14-10(6-15)5-13-12(14)16/h4-5,8,15H,6H2,1-3H3,(H,13,16). The molecule has 2 aromatic rings. The fourth-order valence-corrected chi connectivity index (χ4v) is 3.52. The summed E-state index contributed by atoms with van der Waals surface area (Å²) in [7, 11) is 0. The first kappa shape index (κ1) is 12.5. The number of aromatic amines is 1. The van der Waals surface area contributed by atoms with E-state index in [1.165, 1.54) is 15.3 Å². The number of nitrogens with one attached hydrogen (secondary N) is 1. The predicted octanol–water partition coefficient (Wildman–Crippen LogP) is 3.33. The Hall–Kier alpha value is -0.910. The minimum absolute atomic E-state index is 0.000350. The third-order valence-electron chi connectivity index (χ3n) is 2.97. The largest absolute Gasteiger partial charge is 0.390 e. The van der Waals surface area contributed by atoms with Crippen molar-refractivity contribution in [2.45, 2.75) is 33.4 Å². The maximum absolute atomic E-state index is 9.32. The van der Waals surface area contributed by atoms with Crippen molar-refractivity contribution in [3.05, 3.63) is 38.0 Å². The summed E-state index contributed by atoms with van der Waals surface area (Å²) >= 11 is 7.06. The molecule has 1 atom stereocenters. The fraction of sp³-hybridized carbons (Fsp3) is 0.417. The van der Waals surface area contributed by atoms with Crippen molar-refractivity contribution >= 4 is 23.6 Å². The van der Waals surface area contributed by atoms with E-state index in [0.717, 1.165) is 5.69 Å². The maximum atomic E-state index is 9.32. The van der Waals surface area contributed by atoms with Crippen LogP contribution < -0.4 is 0 Å². The van der Waals surface area contributed by atoms with E-state index < -0.39 is 0 Å². The Bertz CT molecular complexity index is 580. The molecule has 17 heavy (non-hydrogen) atoms. The van der Waals surface area contributed by atoms with Crippen molar-refractivity contribution in [1.29, 1.82) is 0 Å². The molecule has 0 fully saturated rings. The minimum atomic E-state index is -0.000350. The fourth-order valence-electron chi connectivity index (χ4n) is 2.17. The summed E-state index contributed by atoms with van der Waals surface area (Å²) in [5.41, 5.74) is 2.10. The summed E-state index contributed by atoms with van der Waals surface area (Å²) in [6, 6.07) is 2.35. The molecular weight excluding hydrogens is 252 g/mol. The zero-order chi connectivity index (χ0) is 12.6. The molecule has 1 unspecified atom stereocenters. The van der Waals surface area contributed by atoms with E-state index in [0.29, 0.717) is 4.77 Å². The molecule has 2 rings (SSSR count). The number of rotatable bonds is 3. The molecule has 2 N–H and O–H groups in total. The van der Waals surface area contributed by atoms with Crippen LogP contribution in [0.3, 0.4) is 0 Å². The summed E-state index contributed by atoms with van der Waals surface area (Å²) in [6.45, 7) is 6.34. The van der Waals surface area contributed by atoms with Gasteiger partial charge in [0.05, 0.1) is 18.3 Å². The van der Waals surface area contributed by atoms with Crippen LogP contribution in [0.2, 0.25) is 0 Å². The molecule has 0 saturated carbocycles. The number of H-pyrrole nitrogens is 1. The van der Waals surface area contributed by atoms with Gasteiger partial charge in [-0.25, -0.2) is 0 Å². The maximum Gasteiger partial charge on any atom is 0.177 e. The number of thiophene rings is 1. The number of imidazole rings is 1. The Balaban J connectivity index is 2.50. The first-order chi connectivity index (χ1) is 8.04. The molecule has 3 nitrogen and oxygen atoms in total. The van der Waals surface area contributed by atoms with Gasteiger partial charge in [0.15, 0.2) is 4.77 Å². The molecule has 92 valence electrons. The Labute approximate surface area is 110 Å². The van der Waals surface area contributed by atoms with Gasteiger partial charge in [0.1, 0.15) is 0 Å². The van der Waals surface area contributed by atoms with Gasteiger partial charge in [0, 0.05) is 16.0 Å². The van der Waals surface area contributed by atoms with E-state index in [4.69, 9.17) is 12.2 Å². The lowest BCUT2D eigenvalue weighted by molar-refractivity contribution is 0.269. The SMILES string of the molecule is Cc1cc(C(C)n2c(CO)c[nH]c2=S)c(C)s1. The Morgan fingerprint density at radius 3 is 2.76 bits per heavy atom. The molecule has 5 heteroatoms. The number of nitrogens with zero attached hydrogens (tertiary/aromatic N) is 1. The lowest BCUT2D eigenvalue weighted by Gasteiger charge is -2.16. The van der Waals surface area contributed by atoms with Crippen LogP contribution >= 0.6 is 23.6 Å². The van der Waals surface area contributed by atoms with Gasteiger partial charge in [-0.15, -0.1) is 11.3 Å². The third kappa shape index (κ3) is 2.22. The first-order valence-electron chi connectivity index (χ1n) is 5.51. The van der Waals surface area contributed by atoms with E-state index in [1.54, 1.807) is 17.5 Å². The molecule has 0 aliphatic carbocycles. The van der Waals surface area contributed by atoms with Crippen molar-refractivity contribution in [1.82, 2.24) is 9.55 Å². The second-order valence-corrected chi connectivity index (χ2v) is 6.00. The van der Waals surface area contributed by atoms with Gasteiger partial charge in [-0.2, -0.15) is 0 Å². The third-order valence-corrected chi connectivity index (χ3v) is 4.27. The average Bonchev–Trinajstić information content (AvgIpc) is 2.80. The van der Waals surface area contributed by atoms with E-state index in [2.05, 4.69) is 31.8 Å². The highest BCUT2D eigenvalue weighted by Crippen LogP contribution is 2.29. The number of aliphatic hydroxyl groups excluding tert-OH is 1. The van der Waals surface area contributed by atoms with Crippen LogP contribution in [0.4, 0.5) is 0 Å². The highest BCUT2D eigenvalue weighted by Gasteiger charge is 2.16. The molecule has 0 aliphatic rings. The van der Waals surface area contributed by atoms with E-state index >= 15 is 0 Å². The molecule has 0 amide bonds.